The maximum atomic E-state index is 10.9. The molecular formula is C20H22N2O3. The molecule has 0 saturated heterocycles. The maximum absolute atomic E-state index is 10.9. The lowest BCUT2D eigenvalue weighted by atomic mass is 10.0. The van der Waals surface area contributed by atoms with Crippen LogP contribution in [0.4, 0.5) is 0 Å². The number of hydrogen-bond acceptors (Lipinski definition) is 3. The van der Waals surface area contributed by atoms with Crippen LogP contribution in [-0.4, -0.2) is 21.2 Å². The molecule has 0 aliphatic rings. The van der Waals surface area contributed by atoms with Crippen LogP contribution in [0.5, 0.6) is 0 Å². The number of nitrogens with one attached hydrogen (secondary N) is 2. The number of aromatic amines is 1. The summed E-state index contributed by atoms with van der Waals surface area (Å²) >= 11 is 0. The normalized spacial score (nSPS) is 12.2. The lowest BCUT2D eigenvalue weighted by Gasteiger charge is -2.11. The van der Waals surface area contributed by atoms with Crippen LogP contribution in [0.1, 0.15) is 37.4 Å². The molecule has 1 aromatic heterocycles. The molecule has 0 radical (unpaired) electrons. The van der Waals surface area contributed by atoms with Crippen molar-refractivity contribution < 1.29 is 15.1 Å². The molecule has 5 heteroatoms. The molecule has 0 spiro atoms. The Kier molecular flexibility index (Phi) is 5.48. The minimum atomic E-state index is -0.547. The zero-order valence-electron chi connectivity index (χ0n) is 13.9. The fourth-order valence-corrected chi connectivity index (χ4v) is 2.96. The first-order chi connectivity index (χ1) is 12.2. The number of amides is 1. The third-order valence-corrected chi connectivity index (χ3v) is 4.39. The number of unbranched alkanes of at least 4 members (excludes halogenated alkanes) is 1. The van der Waals surface area contributed by atoms with Crippen molar-refractivity contribution in [3.63, 3.8) is 0 Å². The highest BCUT2D eigenvalue weighted by molar-refractivity contribution is 5.85. The van der Waals surface area contributed by atoms with Crippen molar-refractivity contribution >= 4 is 16.8 Å². The molecule has 130 valence electrons. The lowest BCUT2D eigenvalue weighted by molar-refractivity contribution is -0.129. The number of aromatic nitrogens is 1. The fraction of sp³-hybridized carbons (Fsp3) is 0.250. The van der Waals surface area contributed by atoms with Gasteiger partial charge in [-0.25, -0.2) is 5.48 Å². The van der Waals surface area contributed by atoms with E-state index in [9.17, 15) is 9.90 Å². The number of benzene rings is 2. The first-order valence-corrected chi connectivity index (χ1v) is 8.46. The zero-order chi connectivity index (χ0) is 17.6. The SMILES string of the molecule is O=C(CCCCC(O)c1ccc(-c2cc3ccccc3[nH]2)cc1)NO. The number of hydroxylamine groups is 1. The van der Waals surface area contributed by atoms with Crippen molar-refractivity contribution in [3.05, 3.63) is 60.2 Å². The summed E-state index contributed by atoms with van der Waals surface area (Å²) in [4.78, 5) is 14.3. The highest BCUT2D eigenvalue weighted by Crippen LogP contribution is 2.26. The van der Waals surface area contributed by atoms with Gasteiger partial charge >= 0.3 is 0 Å². The van der Waals surface area contributed by atoms with Crippen LogP contribution in [0.3, 0.4) is 0 Å². The average molecular weight is 338 g/mol. The number of H-pyrrole nitrogens is 1. The lowest BCUT2D eigenvalue weighted by Crippen LogP contribution is -2.17. The van der Waals surface area contributed by atoms with Gasteiger partial charge in [-0.15, -0.1) is 0 Å². The van der Waals surface area contributed by atoms with Crippen molar-refractivity contribution in [2.45, 2.75) is 31.8 Å². The van der Waals surface area contributed by atoms with E-state index in [4.69, 9.17) is 5.21 Å². The molecule has 1 unspecified atom stereocenters. The van der Waals surface area contributed by atoms with Crippen LogP contribution in [0.25, 0.3) is 22.2 Å². The number of hydrogen-bond donors (Lipinski definition) is 4. The van der Waals surface area contributed by atoms with E-state index in [-0.39, 0.29) is 6.42 Å². The molecular weight excluding hydrogens is 316 g/mol. The van der Waals surface area contributed by atoms with E-state index in [0.29, 0.717) is 12.8 Å². The molecule has 0 bridgehead atoms. The summed E-state index contributed by atoms with van der Waals surface area (Å²) in [6, 6.07) is 18.1. The van der Waals surface area contributed by atoms with E-state index in [2.05, 4.69) is 17.1 Å². The van der Waals surface area contributed by atoms with Crippen LogP contribution in [0, 0.1) is 0 Å². The minimum absolute atomic E-state index is 0.266. The Morgan fingerprint density at radius 2 is 1.84 bits per heavy atom. The van der Waals surface area contributed by atoms with Crippen LogP contribution < -0.4 is 5.48 Å². The largest absolute Gasteiger partial charge is 0.388 e. The Labute approximate surface area is 146 Å². The van der Waals surface area contributed by atoms with Gasteiger partial charge in [0.2, 0.25) is 5.91 Å². The molecule has 1 heterocycles. The second-order valence-electron chi connectivity index (χ2n) is 6.19. The smallest absolute Gasteiger partial charge is 0.243 e. The summed E-state index contributed by atoms with van der Waals surface area (Å²) in [6.45, 7) is 0. The van der Waals surface area contributed by atoms with Crippen LogP contribution >= 0.6 is 0 Å². The summed E-state index contributed by atoms with van der Waals surface area (Å²) in [7, 11) is 0. The van der Waals surface area contributed by atoms with E-state index in [1.165, 1.54) is 5.39 Å². The standard InChI is InChI=1S/C20H22N2O3/c23-19(7-3-4-8-20(24)22-25)15-11-9-14(10-12-15)18-13-16-5-1-2-6-17(16)21-18/h1-2,5-6,9-13,19,21,23,25H,3-4,7-8H2,(H,22,24). The Morgan fingerprint density at radius 3 is 2.56 bits per heavy atom. The molecule has 5 nitrogen and oxygen atoms in total. The molecule has 0 saturated carbocycles. The topological polar surface area (TPSA) is 85.3 Å². The van der Waals surface area contributed by atoms with Gasteiger partial charge in [-0.05, 0) is 36.1 Å². The van der Waals surface area contributed by atoms with Gasteiger partial charge in [0.1, 0.15) is 0 Å². The van der Waals surface area contributed by atoms with E-state index in [1.54, 1.807) is 5.48 Å². The fourth-order valence-electron chi connectivity index (χ4n) is 2.96. The van der Waals surface area contributed by atoms with Crippen molar-refractivity contribution in [1.82, 2.24) is 10.5 Å². The number of fused-ring (bicyclic) bond motifs is 1. The summed E-state index contributed by atoms with van der Waals surface area (Å²) in [6.07, 6.45) is 1.66. The molecule has 1 amide bonds. The molecule has 0 aliphatic heterocycles. The first-order valence-electron chi connectivity index (χ1n) is 8.46. The first kappa shape index (κ1) is 17.2. The number of carbonyl (C=O) groups is 1. The second-order valence-corrected chi connectivity index (χ2v) is 6.19. The molecule has 1 atom stereocenters. The van der Waals surface area contributed by atoms with Gasteiger partial charge in [0.15, 0.2) is 0 Å². The van der Waals surface area contributed by atoms with Gasteiger partial charge in [0.05, 0.1) is 6.10 Å². The van der Waals surface area contributed by atoms with Gasteiger partial charge in [0.25, 0.3) is 0 Å². The number of carbonyl (C=O) groups excluding carboxylic acids is 1. The number of para-hydroxylation sites is 1. The summed E-state index contributed by atoms with van der Waals surface area (Å²) in [5.74, 6) is -0.392. The third kappa shape index (κ3) is 4.26. The van der Waals surface area contributed by atoms with Crippen LogP contribution in [0.15, 0.2) is 54.6 Å². The van der Waals surface area contributed by atoms with Gasteiger partial charge in [0, 0.05) is 23.0 Å². The van der Waals surface area contributed by atoms with Crippen molar-refractivity contribution in [2.24, 2.45) is 0 Å². The van der Waals surface area contributed by atoms with E-state index < -0.39 is 12.0 Å². The predicted octanol–water partition coefficient (Wildman–Crippen LogP) is 3.93. The zero-order valence-corrected chi connectivity index (χ0v) is 13.9. The second kappa shape index (κ2) is 7.96. The van der Waals surface area contributed by atoms with Crippen molar-refractivity contribution in [2.75, 3.05) is 0 Å². The maximum Gasteiger partial charge on any atom is 0.243 e. The van der Waals surface area contributed by atoms with Gasteiger partial charge < -0.3 is 10.1 Å². The Hall–Kier alpha value is -2.63. The molecule has 3 aromatic rings. The van der Waals surface area contributed by atoms with Gasteiger partial charge in [-0.2, -0.15) is 0 Å². The molecule has 0 aliphatic carbocycles. The molecule has 3 rings (SSSR count). The molecule has 2 aromatic carbocycles. The van der Waals surface area contributed by atoms with E-state index in [1.807, 2.05) is 42.5 Å². The number of rotatable bonds is 7. The quantitative estimate of drug-likeness (QED) is 0.299. The van der Waals surface area contributed by atoms with Crippen LogP contribution in [-0.2, 0) is 4.79 Å². The Bertz CT molecular complexity index is 807. The summed E-state index contributed by atoms with van der Waals surface area (Å²) in [5, 5.41) is 19.9. The van der Waals surface area contributed by atoms with E-state index in [0.717, 1.165) is 28.8 Å². The Morgan fingerprint density at radius 1 is 1.08 bits per heavy atom. The van der Waals surface area contributed by atoms with Crippen molar-refractivity contribution in [3.8, 4) is 11.3 Å². The number of aliphatic hydroxyl groups excluding tert-OH is 1. The predicted molar refractivity (Wildman–Crippen MR) is 97.1 cm³/mol. The molecule has 0 fully saturated rings. The Balaban J connectivity index is 1.60. The van der Waals surface area contributed by atoms with Gasteiger partial charge in [-0.3, -0.25) is 10.0 Å². The van der Waals surface area contributed by atoms with Crippen LogP contribution in [0.2, 0.25) is 0 Å². The van der Waals surface area contributed by atoms with Gasteiger partial charge in [-0.1, -0.05) is 48.9 Å². The number of aliphatic hydroxyl groups is 1. The third-order valence-electron chi connectivity index (χ3n) is 4.39. The minimum Gasteiger partial charge on any atom is -0.388 e. The molecule has 25 heavy (non-hydrogen) atoms. The summed E-state index contributed by atoms with van der Waals surface area (Å²) in [5.41, 5.74) is 5.71. The average Bonchev–Trinajstić information content (AvgIpc) is 3.09. The molecule has 4 N–H and O–H groups in total. The summed E-state index contributed by atoms with van der Waals surface area (Å²) < 4.78 is 0. The highest BCUT2D eigenvalue weighted by atomic mass is 16.5. The van der Waals surface area contributed by atoms with Crippen molar-refractivity contribution in [1.29, 1.82) is 0 Å². The van der Waals surface area contributed by atoms with E-state index >= 15 is 0 Å². The highest BCUT2D eigenvalue weighted by Gasteiger charge is 2.09. The monoisotopic (exact) mass is 338 g/mol.